The number of imidazole rings is 1. The minimum absolute atomic E-state index is 0.132. The van der Waals surface area contributed by atoms with E-state index in [2.05, 4.69) is 4.98 Å². The first kappa shape index (κ1) is 15.6. The Kier molecular flexibility index (Phi) is 4.05. The molecule has 7 heteroatoms. The van der Waals surface area contributed by atoms with Gasteiger partial charge in [-0.3, -0.25) is 0 Å². The van der Waals surface area contributed by atoms with Gasteiger partial charge in [-0.05, 0) is 19.4 Å². The van der Waals surface area contributed by atoms with Gasteiger partial charge in [-0.15, -0.1) is 11.8 Å². The minimum atomic E-state index is -3.57. The van der Waals surface area contributed by atoms with Crippen LogP contribution in [-0.2, 0) is 17.1 Å². The van der Waals surface area contributed by atoms with Crippen molar-refractivity contribution in [3.05, 3.63) is 47.4 Å². The zero-order valence-corrected chi connectivity index (χ0v) is 14.5. The lowest BCUT2D eigenvalue weighted by Gasteiger charge is -2.22. The highest BCUT2D eigenvalue weighted by atomic mass is 32.2. The van der Waals surface area contributed by atoms with Crippen LogP contribution in [0.3, 0.4) is 0 Å². The molecule has 2 aromatic rings. The van der Waals surface area contributed by atoms with Crippen LogP contribution in [0.5, 0.6) is 0 Å². The minimum Gasteiger partial charge on any atom is -0.337 e. The van der Waals surface area contributed by atoms with Crippen LogP contribution in [0.1, 0.15) is 22.3 Å². The molecule has 0 aliphatic carbocycles. The van der Waals surface area contributed by atoms with Crippen LogP contribution in [-0.4, -0.2) is 34.6 Å². The molecule has 0 amide bonds. The number of nitrogens with zero attached hydrogens (tertiary/aromatic N) is 3. The zero-order valence-electron chi connectivity index (χ0n) is 12.9. The molecule has 1 aromatic carbocycles. The van der Waals surface area contributed by atoms with Crippen molar-refractivity contribution in [2.45, 2.75) is 24.2 Å². The molecule has 0 saturated carbocycles. The number of hydrogen-bond donors (Lipinski definition) is 0. The van der Waals surface area contributed by atoms with Crippen molar-refractivity contribution in [2.24, 2.45) is 7.05 Å². The summed E-state index contributed by atoms with van der Waals surface area (Å²) in [4.78, 5) is 4.19. The van der Waals surface area contributed by atoms with Crippen molar-refractivity contribution in [3.63, 3.8) is 0 Å². The first-order chi connectivity index (χ1) is 10.4. The summed E-state index contributed by atoms with van der Waals surface area (Å²) in [6.45, 7) is 4.34. The fourth-order valence-electron chi connectivity index (χ4n) is 2.47. The summed E-state index contributed by atoms with van der Waals surface area (Å²) in [5.41, 5.74) is 2.19. The van der Waals surface area contributed by atoms with Crippen molar-refractivity contribution >= 4 is 21.8 Å². The third-order valence-electron chi connectivity index (χ3n) is 3.87. The monoisotopic (exact) mass is 337 g/mol. The predicted octanol–water partition coefficient (Wildman–Crippen LogP) is 2.47. The van der Waals surface area contributed by atoms with Crippen LogP contribution >= 0.6 is 11.8 Å². The average Bonchev–Trinajstić information content (AvgIpc) is 3.08. The van der Waals surface area contributed by atoms with E-state index in [1.807, 2.05) is 31.2 Å². The molecule has 1 aromatic heterocycles. The number of thioether (sulfide) groups is 1. The molecule has 1 aliphatic heterocycles. The summed E-state index contributed by atoms with van der Waals surface area (Å²) in [6.07, 6.45) is 1.58. The van der Waals surface area contributed by atoms with Gasteiger partial charge < -0.3 is 4.57 Å². The average molecular weight is 337 g/mol. The topological polar surface area (TPSA) is 55.2 Å². The molecule has 2 heterocycles. The van der Waals surface area contributed by atoms with Gasteiger partial charge in [-0.25, -0.2) is 13.4 Å². The summed E-state index contributed by atoms with van der Waals surface area (Å²) >= 11 is 1.65. The summed E-state index contributed by atoms with van der Waals surface area (Å²) in [7, 11) is -1.76. The molecule has 1 fully saturated rings. The molecule has 1 aliphatic rings. The van der Waals surface area contributed by atoms with Gasteiger partial charge in [0.05, 0.1) is 5.37 Å². The molecular weight excluding hydrogens is 318 g/mol. The van der Waals surface area contributed by atoms with Crippen molar-refractivity contribution in [3.8, 4) is 0 Å². The lowest BCUT2D eigenvalue weighted by Crippen LogP contribution is -2.30. The Balaban J connectivity index is 1.97. The quantitative estimate of drug-likeness (QED) is 0.863. The van der Waals surface area contributed by atoms with Crippen molar-refractivity contribution in [2.75, 3.05) is 12.3 Å². The molecule has 22 heavy (non-hydrogen) atoms. The number of hydrogen-bond acceptors (Lipinski definition) is 4. The van der Waals surface area contributed by atoms with Crippen LogP contribution in [0.2, 0.25) is 0 Å². The lowest BCUT2D eigenvalue weighted by molar-refractivity contribution is 0.432. The predicted molar refractivity (Wildman–Crippen MR) is 88.2 cm³/mol. The maximum atomic E-state index is 12.9. The second-order valence-corrected chi connectivity index (χ2v) is 8.51. The first-order valence-electron chi connectivity index (χ1n) is 7.09. The van der Waals surface area contributed by atoms with Gasteiger partial charge in [-0.1, -0.05) is 29.8 Å². The summed E-state index contributed by atoms with van der Waals surface area (Å²) in [5.74, 6) is 1.49. The Labute approximate surface area is 135 Å². The van der Waals surface area contributed by atoms with E-state index in [4.69, 9.17) is 0 Å². The first-order valence-corrected chi connectivity index (χ1v) is 9.58. The van der Waals surface area contributed by atoms with Crippen LogP contribution < -0.4 is 0 Å². The molecule has 0 bridgehead atoms. The highest BCUT2D eigenvalue weighted by molar-refractivity contribution is 8.00. The van der Waals surface area contributed by atoms with Gasteiger partial charge >= 0.3 is 0 Å². The van der Waals surface area contributed by atoms with E-state index in [0.29, 0.717) is 12.4 Å². The second-order valence-electron chi connectivity index (χ2n) is 5.49. The molecule has 3 rings (SSSR count). The van der Waals surface area contributed by atoms with Crippen molar-refractivity contribution < 1.29 is 8.42 Å². The van der Waals surface area contributed by atoms with Gasteiger partial charge in [-0.2, -0.15) is 4.31 Å². The molecule has 1 saturated heterocycles. The number of aromatic nitrogens is 2. The fourth-order valence-corrected chi connectivity index (χ4v) is 5.73. The van der Waals surface area contributed by atoms with E-state index in [1.165, 1.54) is 5.56 Å². The molecule has 118 valence electrons. The third kappa shape index (κ3) is 2.68. The Morgan fingerprint density at radius 1 is 1.23 bits per heavy atom. The number of aryl methyl sites for hydroxylation is 3. The normalized spacial score (nSPS) is 19.7. The molecular formula is C15H19N3O2S2. The maximum Gasteiger partial charge on any atom is 0.263 e. The van der Waals surface area contributed by atoms with E-state index >= 15 is 0 Å². The summed E-state index contributed by atoms with van der Waals surface area (Å²) in [5, 5.41) is -0.0416. The van der Waals surface area contributed by atoms with Crippen LogP contribution in [0.25, 0.3) is 0 Å². The van der Waals surface area contributed by atoms with Crippen molar-refractivity contribution in [1.29, 1.82) is 0 Å². The molecule has 5 nitrogen and oxygen atoms in total. The number of sulfonamides is 1. The standard InChI is InChI=1S/C15H19N3O2S2/c1-11-4-6-13(7-5-11)15-18(8-9-21-15)22(19,20)14-10-17(3)12(2)16-14/h4-7,10,15H,8-9H2,1-3H3. The lowest BCUT2D eigenvalue weighted by atomic mass is 10.1. The highest BCUT2D eigenvalue weighted by Gasteiger charge is 2.38. The molecule has 0 spiro atoms. The Morgan fingerprint density at radius 3 is 2.50 bits per heavy atom. The van der Waals surface area contributed by atoms with E-state index in [0.717, 1.165) is 11.3 Å². The van der Waals surface area contributed by atoms with E-state index < -0.39 is 10.0 Å². The maximum absolute atomic E-state index is 12.9. The van der Waals surface area contributed by atoms with E-state index in [1.54, 1.807) is 40.8 Å². The van der Waals surface area contributed by atoms with Gasteiger partial charge in [0.1, 0.15) is 5.82 Å². The van der Waals surface area contributed by atoms with Gasteiger partial charge in [0.15, 0.2) is 5.03 Å². The van der Waals surface area contributed by atoms with Crippen LogP contribution in [0.15, 0.2) is 35.5 Å². The van der Waals surface area contributed by atoms with Crippen LogP contribution in [0.4, 0.5) is 0 Å². The molecule has 1 atom stereocenters. The Hall–Kier alpha value is -1.31. The number of benzene rings is 1. The van der Waals surface area contributed by atoms with E-state index in [9.17, 15) is 8.42 Å². The largest absolute Gasteiger partial charge is 0.337 e. The van der Waals surface area contributed by atoms with Gasteiger partial charge in [0.25, 0.3) is 10.0 Å². The van der Waals surface area contributed by atoms with Crippen LogP contribution in [0, 0.1) is 13.8 Å². The molecule has 0 N–H and O–H groups in total. The Morgan fingerprint density at radius 2 is 1.91 bits per heavy atom. The smallest absolute Gasteiger partial charge is 0.263 e. The van der Waals surface area contributed by atoms with Gasteiger partial charge in [0, 0.05) is 25.5 Å². The summed E-state index contributed by atoms with van der Waals surface area (Å²) < 4.78 is 29.1. The third-order valence-corrected chi connectivity index (χ3v) is 7.00. The SMILES string of the molecule is Cc1ccc(C2SCCN2S(=O)(=O)c2cn(C)c(C)n2)cc1. The zero-order chi connectivity index (χ0) is 15.9. The van der Waals surface area contributed by atoms with E-state index in [-0.39, 0.29) is 10.4 Å². The molecule has 1 unspecified atom stereocenters. The molecule has 0 radical (unpaired) electrons. The fraction of sp³-hybridized carbons (Fsp3) is 0.400. The highest BCUT2D eigenvalue weighted by Crippen LogP contribution is 2.41. The van der Waals surface area contributed by atoms with Gasteiger partial charge in [0.2, 0.25) is 0 Å². The second kappa shape index (κ2) is 5.72. The number of rotatable bonds is 3. The van der Waals surface area contributed by atoms with Crippen molar-refractivity contribution in [1.82, 2.24) is 13.9 Å². The Bertz CT molecular complexity index is 762. The summed E-state index contributed by atoms with van der Waals surface area (Å²) in [6, 6.07) is 8.04.